The molecule has 0 bridgehead atoms. The number of carbonyl (C=O) groups excluding carboxylic acids is 1. The molecule has 0 atom stereocenters. The molecule has 0 saturated carbocycles. The maximum atomic E-state index is 12.6. The summed E-state index contributed by atoms with van der Waals surface area (Å²) in [5.74, 6) is -0.423. The second-order valence-corrected chi connectivity index (χ2v) is 6.68. The Hall–Kier alpha value is -1.69. The first-order valence-corrected chi connectivity index (χ1v) is 7.09. The highest BCUT2D eigenvalue weighted by molar-refractivity contribution is 7.14. The lowest BCUT2D eigenvalue weighted by atomic mass is 9.82. The van der Waals surface area contributed by atoms with Crippen LogP contribution in [0.1, 0.15) is 46.6 Å². The molecule has 0 fully saturated rings. The smallest absolute Gasteiger partial charge is 0.288 e. The van der Waals surface area contributed by atoms with Gasteiger partial charge in [-0.25, -0.2) is 4.98 Å². The van der Waals surface area contributed by atoms with Crippen molar-refractivity contribution >= 4 is 17.1 Å². The van der Waals surface area contributed by atoms with E-state index in [2.05, 4.69) is 4.98 Å². The quantitative estimate of drug-likeness (QED) is 0.753. The van der Waals surface area contributed by atoms with Gasteiger partial charge in [0.2, 0.25) is 5.78 Å². The van der Waals surface area contributed by atoms with Gasteiger partial charge in [0.25, 0.3) is 0 Å². The predicted octanol–water partition coefficient (Wildman–Crippen LogP) is 4.69. The van der Waals surface area contributed by atoms with Crippen LogP contribution in [-0.2, 0) is 11.6 Å². The third kappa shape index (κ3) is 3.32. The van der Waals surface area contributed by atoms with E-state index in [0.717, 1.165) is 11.8 Å². The molecule has 0 aliphatic carbocycles. The van der Waals surface area contributed by atoms with E-state index in [9.17, 15) is 18.0 Å². The molecule has 0 aliphatic heterocycles. The number of halogens is 3. The maximum Gasteiger partial charge on any atom is 0.443 e. The topological polar surface area (TPSA) is 30.0 Å². The summed E-state index contributed by atoms with van der Waals surface area (Å²) in [5, 5.41) is -1.00. The number of thiazole rings is 1. The van der Waals surface area contributed by atoms with E-state index in [4.69, 9.17) is 0 Å². The number of nitrogens with zero attached hydrogens (tertiary/aromatic N) is 1. The molecule has 2 nitrogen and oxygen atoms in total. The van der Waals surface area contributed by atoms with Crippen LogP contribution in [0.3, 0.4) is 0 Å². The van der Waals surface area contributed by atoms with Crippen LogP contribution in [0, 0.1) is 0 Å². The van der Waals surface area contributed by atoms with E-state index in [-0.39, 0.29) is 10.3 Å². The Bertz CT molecular complexity index is 668. The Kier molecular flexibility index (Phi) is 3.93. The number of aromatic nitrogens is 1. The van der Waals surface area contributed by atoms with Gasteiger partial charge in [0.05, 0.1) is 4.88 Å². The highest BCUT2D eigenvalue weighted by atomic mass is 32.1. The Labute approximate surface area is 124 Å². The zero-order valence-electron chi connectivity index (χ0n) is 11.8. The van der Waals surface area contributed by atoms with Gasteiger partial charge in [-0.1, -0.05) is 45.0 Å². The van der Waals surface area contributed by atoms with Crippen molar-refractivity contribution in [2.45, 2.75) is 32.4 Å². The van der Waals surface area contributed by atoms with E-state index in [1.54, 1.807) is 12.1 Å². The van der Waals surface area contributed by atoms with Gasteiger partial charge < -0.3 is 0 Å². The molecule has 0 unspecified atom stereocenters. The van der Waals surface area contributed by atoms with Crippen molar-refractivity contribution in [1.82, 2.24) is 4.98 Å². The van der Waals surface area contributed by atoms with E-state index >= 15 is 0 Å². The van der Waals surface area contributed by atoms with E-state index in [1.165, 1.54) is 0 Å². The summed E-state index contributed by atoms with van der Waals surface area (Å²) in [6, 6.07) is 6.97. The summed E-state index contributed by atoms with van der Waals surface area (Å²) in [4.78, 5) is 15.8. The fourth-order valence-corrected chi connectivity index (χ4v) is 2.72. The van der Waals surface area contributed by atoms with E-state index in [0.29, 0.717) is 16.9 Å². The van der Waals surface area contributed by atoms with Crippen molar-refractivity contribution in [2.75, 3.05) is 0 Å². The molecule has 1 aromatic carbocycles. The lowest BCUT2D eigenvalue weighted by Gasteiger charge is -2.21. The lowest BCUT2D eigenvalue weighted by molar-refractivity contribution is -0.137. The zero-order valence-corrected chi connectivity index (χ0v) is 12.6. The minimum absolute atomic E-state index is 0.000903. The number of hydrogen-bond donors (Lipinski definition) is 0. The molecule has 0 aliphatic rings. The number of hydrogen-bond acceptors (Lipinski definition) is 3. The molecule has 1 heterocycles. The van der Waals surface area contributed by atoms with Gasteiger partial charge in [0, 0.05) is 11.8 Å². The summed E-state index contributed by atoms with van der Waals surface area (Å²) in [7, 11) is 0. The van der Waals surface area contributed by atoms with Gasteiger partial charge in [-0.3, -0.25) is 4.79 Å². The third-order valence-corrected chi connectivity index (χ3v) is 3.99. The molecular weight excluding hydrogens is 299 g/mol. The second kappa shape index (κ2) is 5.26. The Morgan fingerprint density at radius 2 is 1.76 bits per heavy atom. The Morgan fingerprint density at radius 1 is 1.14 bits per heavy atom. The summed E-state index contributed by atoms with van der Waals surface area (Å²) < 4.78 is 37.7. The Morgan fingerprint density at radius 3 is 2.29 bits per heavy atom. The minimum Gasteiger partial charge on any atom is -0.288 e. The minimum atomic E-state index is -4.52. The maximum absolute atomic E-state index is 12.6. The third-order valence-electron chi connectivity index (χ3n) is 2.95. The first-order valence-electron chi connectivity index (χ1n) is 6.28. The Balaban J connectivity index is 2.44. The number of alkyl halides is 3. The molecule has 112 valence electrons. The van der Waals surface area contributed by atoms with Crippen LogP contribution in [0.4, 0.5) is 13.2 Å². The van der Waals surface area contributed by atoms with E-state index < -0.39 is 17.0 Å². The van der Waals surface area contributed by atoms with Crippen LogP contribution in [0.15, 0.2) is 30.5 Å². The van der Waals surface area contributed by atoms with Crippen molar-refractivity contribution in [2.24, 2.45) is 0 Å². The van der Waals surface area contributed by atoms with Gasteiger partial charge in [-0.15, -0.1) is 11.3 Å². The normalized spacial score (nSPS) is 12.5. The zero-order chi connectivity index (χ0) is 15.8. The summed E-state index contributed by atoms with van der Waals surface area (Å²) >= 11 is 0.376. The van der Waals surface area contributed by atoms with E-state index in [1.807, 2.05) is 32.9 Å². The largest absolute Gasteiger partial charge is 0.443 e. The van der Waals surface area contributed by atoms with Crippen molar-refractivity contribution in [3.63, 3.8) is 0 Å². The molecule has 0 amide bonds. The average Bonchev–Trinajstić information content (AvgIpc) is 2.86. The van der Waals surface area contributed by atoms with Crippen molar-refractivity contribution < 1.29 is 18.0 Å². The van der Waals surface area contributed by atoms with Crippen LogP contribution in [0.25, 0.3) is 0 Å². The lowest BCUT2D eigenvalue weighted by Crippen LogP contribution is -2.16. The van der Waals surface area contributed by atoms with Gasteiger partial charge in [-0.05, 0) is 11.0 Å². The van der Waals surface area contributed by atoms with Crippen molar-refractivity contribution in [1.29, 1.82) is 0 Å². The molecule has 0 spiro atoms. The highest BCUT2D eigenvalue weighted by Gasteiger charge is 2.35. The van der Waals surface area contributed by atoms with Gasteiger partial charge in [0.15, 0.2) is 5.01 Å². The van der Waals surface area contributed by atoms with Crippen LogP contribution in [0.5, 0.6) is 0 Å². The van der Waals surface area contributed by atoms with Crippen LogP contribution < -0.4 is 0 Å². The molecule has 6 heteroatoms. The highest BCUT2D eigenvalue weighted by Crippen LogP contribution is 2.34. The molecule has 21 heavy (non-hydrogen) atoms. The predicted molar refractivity (Wildman–Crippen MR) is 75.7 cm³/mol. The van der Waals surface area contributed by atoms with Crippen LogP contribution >= 0.6 is 11.3 Å². The van der Waals surface area contributed by atoms with Crippen molar-refractivity contribution in [3.8, 4) is 0 Å². The number of carbonyl (C=O) groups is 1. The fourth-order valence-electron chi connectivity index (χ4n) is 1.98. The molecule has 2 aromatic rings. The molecule has 0 N–H and O–H groups in total. The number of rotatable bonds is 2. The molecular formula is C15H14F3NOS. The first-order chi connectivity index (χ1) is 9.60. The van der Waals surface area contributed by atoms with Gasteiger partial charge >= 0.3 is 6.18 Å². The van der Waals surface area contributed by atoms with Crippen LogP contribution in [-0.4, -0.2) is 10.8 Å². The average molecular weight is 313 g/mol. The molecule has 0 saturated heterocycles. The fraction of sp³-hybridized carbons (Fsp3) is 0.333. The van der Waals surface area contributed by atoms with Gasteiger partial charge in [0.1, 0.15) is 0 Å². The molecule has 2 rings (SSSR count). The summed E-state index contributed by atoms with van der Waals surface area (Å²) in [6.45, 7) is 5.85. The van der Waals surface area contributed by atoms with Crippen LogP contribution in [0.2, 0.25) is 0 Å². The van der Waals surface area contributed by atoms with Gasteiger partial charge in [-0.2, -0.15) is 13.2 Å². The number of ketones is 1. The SMILES string of the molecule is CC(C)(C)c1ccccc1C(=O)c1cnc(C(F)(F)F)s1. The van der Waals surface area contributed by atoms with Crippen molar-refractivity contribution in [3.05, 3.63) is 51.5 Å². The monoisotopic (exact) mass is 313 g/mol. The molecule has 0 radical (unpaired) electrons. The molecule has 1 aromatic heterocycles. The summed E-state index contributed by atoms with van der Waals surface area (Å²) in [5.41, 5.74) is 0.948. The second-order valence-electron chi connectivity index (χ2n) is 5.65. The summed E-state index contributed by atoms with van der Waals surface area (Å²) in [6.07, 6.45) is -3.53. The standard InChI is InChI=1S/C15H14F3NOS/c1-14(2,3)10-7-5-4-6-9(10)12(20)11-8-19-13(21-11)15(16,17)18/h4-8H,1-3H3. The first kappa shape index (κ1) is 15.7. The number of benzene rings is 1.